The zero-order chi connectivity index (χ0) is 34.3. The van der Waals surface area contributed by atoms with Gasteiger partial charge in [-0.3, -0.25) is 0 Å². The molecule has 0 atom stereocenters. The molecule has 12 rings (SSSR count). The fourth-order valence-corrected chi connectivity index (χ4v) is 12.6. The van der Waals surface area contributed by atoms with Gasteiger partial charge in [0.25, 0.3) is 0 Å². The summed E-state index contributed by atoms with van der Waals surface area (Å²) in [6.07, 6.45) is 7.09. The van der Waals surface area contributed by atoms with E-state index in [0.29, 0.717) is 0 Å². The molecule has 0 heterocycles. The number of anilines is 3. The highest BCUT2D eigenvalue weighted by Gasteiger charge is 2.62. The van der Waals surface area contributed by atoms with Crippen LogP contribution in [0.15, 0.2) is 127 Å². The van der Waals surface area contributed by atoms with Gasteiger partial charge in [-0.25, -0.2) is 0 Å². The van der Waals surface area contributed by atoms with Crippen molar-refractivity contribution in [3.63, 3.8) is 0 Å². The predicted octanol–water partition coefficient (Wildman–Crippen LogP) is 13.0. The van der Waals surface area contributed by atoms with E-state index in [9.17, 15) is 0 Å². The lowest BCUT2D eigenvalue weighted by molar-refractivity contribution is -0.0443. The molecule has 4 fully saturated rings. The van der Waals surface area contributed by atoms with Crippen molar-refractivity contribution in [2.45, 2.75) is 76.0 Å². The fourth-order valence-electron chi connectivity index (χ4n) is 12.6. The van der Waals surface area contributed by atoms with Crippen molar-refractivity contribution in [1.82, 2.24) is 0 Å². The molecule has 6 aliphatic rings. The molecule has 6 aromatic rings. The fraction of sp³-hybridized carbons (Fsp3) is 0.320. The number of rotatable bonds is 3. The standard InChI is InChI=1S/C50H47N/c1-48(2)42-14-8-7-13-40(42)41-21-19-38(29-46(41)48)51(37-18-17-33-11-5-6-12-34(33)28-37)39-20-22-45-47(30-39)49(3,4)43-15-9-10-16-44(43)50(45)35-24-31-23-32(26-35)27-36(50)25-31/h5-22,28-32,35-36H,23-27H2,1-4H3. The van der Waals surface area contributed by atoms with Gasteiger partial charge in [0.15, 0.2) is 0 Å². The summed E-state index contributed by atoms with van der Waals surface area (Å²) in [5, 5.41) is 2.55. The second kappa shape index (κ2) is 10.3. The average Bonchev–Trinajstić information content (AvgIpc) is 3.37. The van der Waals surface area contributed by atoms with Crippen molar-refractivity contribution >= 4 is 27.8 Å². The Hall–Kier alpha value is -4.62. The van der Waals surface area contributed by atoms with E-state index < -0.39 is 0 Å². The smallest absolute Gasteiger partial charge is 0.0468 e. The Morgan fingerprint density at radius 2 is 0.922 bits per heavy atom. The Balaban J connectivity index is 1.14. The van der Waals surface area contributed by atoms with Crippen LogP contribution in [0, 0.1) is 23.7 Å². The van der Waals surface area contributed by atoms with Gasteiger partial charge < -0.3 is 4.90 Å². The number of fused-ring (bicyclic) bond motifs is 6. The molecule has 6 aromatic carbocycles. The second-order valence-electron chi connectivity index (χ2n) is 17.8. The third-order valence-corrected chi connectivity index (χ3v) is 14.7. The van der Waals surface area contributed by atoms with Crippen molar-refractivity contribution in [2.24, 2.45) is 23.7 Å². The molecule has 0 aromatic heterocycles. The summed E-state index contributed by atoms with van der Waals surface area (Å²) in [6, 6.07) is 49.4. The highest BCUT2D eigenvalue weighted by atomic mass is 15.1. The molecule has 0 amide bonds. The Kier molecular flexibility index (Phi) is 6.04. The summed E-state index contributed by atoms with van der Waals surface area (Å²) < 4.78 is 0. The third-order valence-electron chi connectivity index (χ3n) is 14.7. The van der Waals surface area contributed by atoms with Gasteiger partial charge >= 0.3 is 0 Å². The topological polar surface area (TPSA) is 3.24 Å². The van der Waals surface area contributed by atoms with Crippen LogP contribution in [0.3, 0.4) is 0 Å². The quantitative estimate of drug-likeness (QED) is 0.182. The first-order valence-corrected chi connectivity index (χ1v) is 19.5. The first kappa shape index (κ1) is 30.0. The Labute approximate surface area is 303 Å². The highest BCUT2D eigenvalue weighted by Crippen LogP contribution is 2.69. The summed E-state index contributed by atoms with van der Waals surface area (Å²) >= 11 is 0. The van der Waals surface area contributed by atoms with Gasteiger partial charge in [0.2, 0.25) is 0 Å². The van der Waals surface area contributed by atoms with Crippen LogP contribution >= 0.6 is 0 Å². The molecule has 6 aliphatic carbocycles. The van der Waals surface area contributed by atoms with E-state index in [1.165, 1.54) is 87.8 Å². The summed E-state index contributed by atoms with van der Waals surface area (Å²) in [7, 11) is 0. The molecule has 4 bridgehead atoms. The SMILES string of the molecule is CC1(C)c2ccccc2-c2ccc(N(c3ccc4c(c3)C(C)(C)c3ccccc3C43C4CC5CC(C4)CC3C5)c3ccc4ccccc4c3)cc21. The van der Waals surface area contributed by atoms with E-state index >= 15 is 0 Å². The van der Waals surface area contributed by atoms with Crippen LogP contribution in [0.1, 0.15) is 93.2 Å². The Morgan fingerprint density at radius 3 is 1.67 bits per heavy atom. The van der Waals surface area contributed by atoms with E-state index in [2.05, 4.69) is 160 Å². The molecule has 0 saturated heterocycles. The van der Waals surface area contributed by atoms with Crippen LogP contribution < -0.4 is 4.90 Å². The first-order chi connectivity index (χ1) is 24.7. The van der Waals surface area contributed by atoms with Crippen LogP contribution in [-0.2, 0) is 16.2 Å². The molecular weight excluding hydrogens is 615 g/mol. The van der Waals surface area contributed by atoms with Crippen LogP contribution in [-0.4, -0.2) is 0 Å². The first-order valence-electron chi connectivity index (χ1n) is 19.5. The van der Waals surface area contributed by atoms with E-state index in [-0.39, 0.29) is 16.2 Å². The molecule has 51 heavy (non-hydrogen) atoms. The summed E-state index contributed by atoms with van der Waals surface area (Å²) in [6.45, 7) is 9.77. The normalized spacial score (nSPS) is 26.8. The Morgan fingerprint density at radius 1 is 0.412 bits per heavy atom. The molecule has 0 radical (unpaired) electrons. The minimum Gasteiger partial charge on any atom is -0.310 e. The van der Waals surface area contributed by atoms with E-state index in [4.69, 9.17) is 0 Å². The predicted molar refractivity (Wildman–Crippen MR) is 213 cm³/mol. The molecular formula is C50H47N. The van der Waals surface area contributed by atoms with Gasteiger partial charge in [-0.15, -0.1) is 0 Å². The summed E-state index contributed by atoms with van der Waals surface area (Å²) in [4.78, 5) is 2.55. The molecule has 1 nitrogen and oxygen atoms in total. The highest BCUT2D eigenvalue weighted by molar-refractivity contribution is 5.91. The third kappa shape index (κ3) is 3.93. The van der Waals surface area contributed by atoms with Gasteiger partial charge in [-0.2, -0.15) is 0 Å². The van der Waals surface area contributed by atoms with Gasteiger partial charge in [-0.05, 0) is 147 Å². The van der Waals surface area contributed by atoms with Crippen molar-refractivity contribution in [3.05, 3.63) is 161 Å². The lowest BCUT2D eigenvalue weighted by atomic mass is 9.39. The maximum Gasteiger partial charge on any atom is 0.0468 e. The molecule has 252 valence electrons. The lowest BCUT2D eigenvalue weighted by Gasteiger charge is -2.64. The van der Waals surface area contributed by atoms with Crippen LogP contribution in [0.5, 0.6) is 0 Å². The van der Waals surface area contributed by atoms with Crippen molar-refractivity contribution < 1.29 is 0 Å². The van der Waals surface area contributed by atoms with Gasteiger partial charge in [0.1, 0.15) is 0 Å². The molecule has 1 heteroatoms. The number of benzene rings is 6. The largest absolute Gasteiger partial charge is 0.310 e. The second-order valence-corrected chi connectivity index (χ2v) is 17.8. The number of nitrogens with zero attached hydrogens (tertiary/aromatic N) is 1. The molecule has 0 aliphatic heterocycles. The van der Waals surface area contributed by atoms with E-state index in [0.717, 1.165) is 23.7 Å². The van der Waals surface area contributed by atoms with Crippen molar-refractivity contribution in [3.8, 4) is 11.1 Å². The van der Waals surface area contributed by atoms with Crippen molar-refractivity contribution in [2.75, 3.05) is 4.90 Å². The van der Waals surface area contributed by atoms with Gasteiger partial charge in [-0.1, -0.05) is 119 Å². The summed E-state index contributed by atoms with van der Waals surface area (Å²) in [5.74, 6) is 3.35. The Bertz CT molecular complexity index is 2380. The molecule has 4 saturated carbocycles. The van der Waals surface area contributed by atoms with Crippen LogP contribution in [0.4, 0.5) is 17.1 Å². The molecule has 0 N–H and O–H groups in total. The number of hydrogen-bond donors (Lipinski definition) is 0. The van der Waals surface area contributed by atoms with Crippen LogP contribution in [0.25, 0.3) is 21.9 Å². The van der Waals surface area contributed by atoms with E-state index in [1.807, 2.05) is 0 Å². The zero-order valence-electron chi connectivity index (χ0n) is 30.4. The monoisotopic (exact) mass is 661 g/mol. The minimum absolute atomic E-state index is 0.0651. The lowest BCUT2D eigenvalue weighted by Crippen LogP contribution is -2.58. The minimum atomic E-state index is -0.0987. The number of hydrogen-bond acceptors (Lipinski definition) is 1. The van der Waals surface area contributed by atoms with E-state index in [1.54, 1.807) is 16.7 Å². The van der Waals surface area contributed by atoms with Crippen molar-refractivity contribution in [1.29, 1.82) is 0 Å². The van der Waals surface area contributed by atoms with Gasteiger partial charge in [0, 0.05) is 33.3 Å². The summed E-state index contributed by atoms with van der Waals surface area (Å²) in [5.41, 5.74) is 15.6. The average molecular weight is 662 g/mol. The zero-order valence-corrected chi connectivity index (χ0v) is 30.4. The molecule has 1 spiro atoms. The molecule has 0 unspecified atom stereocenters. The van der Waals surface area contributed by atoms with Gasteiger partial charge in [0.05, 0.1) is 0 Å². The maximum atomic E-state index is 2.61. The maximum absolute atomic E-state index is 2.61. The van der Waals surface area contributed by atoms with Crippen LogP contribution in [0.2, 0.25) is 0 Å².